The molecule has 6 heteroatoms. The molecule has 1 fully saturated rings. The van der Waals surface area contributed by atoms with Gasteiger partial charge in [-0.15, -0.1) is 0 Å². The van der Waals surface area contributed by atoms with Crippen LogP contribution in [0, 0.1) is 5.92 Å². The zero-order valence-electron chi connectivity index (χ0n) is 10.7. The van der Waals surface area contributed by atoms with Crippen LogP contribution < -0.4 is 15.8 Å². The molecule has 0 radical (unpaired) electrons. The minimum Gasteiger partial charge on any atom is -0.476 e. The lowest BCUT2D eigenvalue weighted by Gasteiger charge is -2.12. The van der Waals surface area contributed by atoms with Crippen molar-refractivity contribution < 1.29 is 9.47 Å². The summed E-state index contributed by atoms with van der Waals surface area (Å²) in [5, 5.41) is 3.23. The van der Waals surface area contributed by atoms with Gasteiger partial charge >= 0.3 is 0 Å². The van der Waals surface area contributed by atoms with Gasteiger partial charge in [-0.1, -0.05) is 0 Å². The zero-order valence-corrected chi connectivity index (χ0v) is 10.7. The molecule has 0 aromatic carbocycles. The first-order chi connectivity index (χ1) is 8.81. The fourth-order valence-electron chi connectivity index (χ4n) is 1.98. The van der Waals surface area contributed by atoms with Crippen LogP contribution in [0.2, 0.25) is 0 Å². The van der Waals surface area contributed by atoms with Crippen LogP contribution in [0.4, 0.5) is 11.5 Å². The number of hydrogen-bond donors (Lipinski definition) is 2. The van der Waals surface area contributed by atoms with E-state index in [-0.39, 0.29) is 0 Å². The summed E-state index contributed by atoms with van der Waals surface area (Å²) in [5.41, 5.74) is 6.40. The molecule has 1 aliphatic heterocycles. The number of nitrogens with one attached hydrogen (secondary N) is 1. The van der Waals surface area contributed by atoms with Crippen LogP contribution in [-0.4, -0.2) is 36.3 Å². The third-order valence-electron chi connectivity index (χ3n) is 3.00. The predicted molar refractivity (Wildman–Crippen MR) is 69.6 cm³/mol. The van der Waals surface area contributed by atoms with Crippen LogP contribution in [0.3, 0.4) is 0 Å². The lowest BCUT2D eigenvalue weighted by Crippen LogP contribution is -2.12. The smallest absolute Gasteiger partial charge is 0.242 e. The molecule has 0 spiro atoms. The summed E-state index contributed by atoms with van der Waals surface area (Å²) in [6, 6.07) is 0. The Labute approximate surface area is 107 Å². The summed E-state index contributed by atoms with van der Waals surface area (Å²) in [6.07, 6.45) is 3.67. The molecule has 3 N–H and O–H groups in total. The minimum absolute atomic E-state index is 0.444. The van der Waals surface area contributed by atoms with E-state index >= 15 is 0 Å². The van der Waals surface area contributed by atoms with E-state index in [9.17, 15) is 0 Å². The molecule has 1 atom stereocenters. The van der Waals surface area contributed by atoms with Gasteiger partial charge in [0.1, 0.15) is 12.0 Å². The van der Waals surface area contributed by atoms with Crippen LogP contribution >= 0.6 is 0 Å². The highest BCUT2D eigenvalue weighted by molar-refractivity contribution is 5.66. The van der Waals surface area contributed by atoms with E-state index in [1.807, 2.05) is 6.92 Å². The molecule has 0 amide bonds. The Bertz CT molecular complexity index is 380. The maximum Gasteiger partial charge on any atom is 0.242 e. The Morgan fingerprint density at radius 1 is 1.56 bits per heavy atom. The molecule has 0 saturated carbocycles. The van der Waals surface area contributed by atoms with E-state index in [2.05, 4.69) is 15.3 Å². The zero-order chi connectivity index (χ0) is 12.8. The number of nitrogen functional groups attached to an aromatic ring is 1. The van der Waals surface area contributed by atoms with Gasteiger partial charge in [-0.2, -0.15) is 4.98 Å². The van der Waals surface area contributed by atoms with Crippen molar-refractivity contribution in [3.8, 4) is 5.88 Å². The summed E-state index contributed by atoms with van der Waals surface area (Å²) in [4.78, 5) is 8.12. The van der Waals surface area contributed by atoms with E-state index in [1.165, 1.54) is 6.33 Å². The molecule has 1 saturated heterocycles. The quantitative estimate of drug-likeness (QED) is 0.794. The maximum absolute atomic E-state index is 5.93. The molecule has 1 aromatic heterocycles. The van der Waals surface area contributed by atoms with Crippen LogP contribution in [0.25, 0.3) is 0 Å². The predicted octanol–water partition coefficient (Wildman–Crippen LogP) is 1.30. The van der Waals surface area contributed by atoms with Gasteiger partial charge in [-0.25, -0.2) is 4.98 Å². The topological polar surface area (TPSA) is 82.3 Å². The average molecular weight is 252 g/mol. The summed E-state index contributed by atoms with van der Waals surface area (Å²) in [7, 11) is 0. The van der Waals surface area contributed by atoms with Crippen molar-refractivity contribution in [2.24, 2.45) is 5.92 Å². The van der Waals surface area contributed by atoms with E-state index in [0.717, 1.165) is 32.6 Å². The van der Waals surface area contributed by atoms with Gasteiger partial charge in [0.15, 0.2) is 5.82 Å². The third kappa shape index (κ3) is 3.22. The second-order valence-electron chi connectivity index (χ2n) is 4.32. The number of nitrogens with two attached hydrogens (primary N) is 1. The Hall–Kier alpha value is -1.56. The summed E-state index contributed by atoms with van der Waals surface area (Å²) in [5.74, 6) is 1.73. The molecule has 1 unspecified atom stereocenters. The first-order valence-corrected chi connectivity index (χ1v) is 6.36. The highest BCUT2D eigenvalue weighted by Crippen LogP contribution is 2.25. The summed E-state index contributed by atoms with van der Waals surface area (Å²) in [6.45, 7) is 5.02. The highest BCUT2D eigenvalue weighted by Gasteiger charge is 2.15. The molecule has 0 bridgehead atoms. The molecule has 1 aromatic rings. The number of hydrogen-bond acceptors (Lipinski definition) is 6. The minimum atomic E-state index is 0.444. The summed E-state index contributed by atoms with van der Waals surface area (Å²) >= 11 is 0. The SMILES string of the molecule is CCOc1ncnc(NCCC2CCOC2)c1N. The van der Waals surface area contributed by atoms with Crippen LogP contribution in [0.5, 0.6) is 5.88 Å². The molecule has 2 rings (SSSR count). The fraction of sp³-hybridized carbons (Fsp3) is 0.667. The van der Waals surface area contributed by atoms with Gasteiger partial charge in [-0.3, -0.25) is 0 Å². The molecule has 2 heterocycles. The average Bonchev–Trinajstić information content (AvgIpc) is 2.87. The highest BCUT2D eigenvalue weighted by atomic mass is 16.5. The van der Waals surface area contributed by atoms with Crippen LogP contribution in [0.15, 0.2) is 6.33 Å². The number of nitrogens with zero attached hydrogens (tertiary/aromatic N) is 2. The number of anilines is 2. The Balaban J connectivity index is 1.86. The second kappa shape index (κ2) is 6.39. The van der Waals surface area contributed by atoms with Crippen molar-refractivity contribution in [3.05, 3.63) is 6.33 Å². The Kier molecular flexibility index (Phi) is 4.58. The largest absolute Gasteiger partial charge is 0.476 e. The van der Waals surface area contributed by atoms with Crippen molar-refractivity contribution >= 4 is 11.5 Å². The lowest BCUT2D eigenvalue weighted by atomic mass is 10.1. The standard InChI is InChI=1S/C12H20N4O2/c1-2-18-12-10(13)11(15-8-16-12)14-5-3-9-4-6-17-7-9/h8-9H,2-7,13H2,1H3,(H,14,15,16). The van der Waals surface area contributed by atoms with Crippen LogP contribution in [-0.2, 0) is 4.74 Å². The van der Waals surface area contributed by atoms with Crippen molar-refractivity contribution in [1.82, 2.24) is 9.97 Å². The third-order valence-corrected chi connectivity index (χ3v) is 3.00. The molecule has 1 aliphatic rings. The van der Waals surface area contributed by atoms with Gasteiger partial charge in [0.2, 0.25) is 5.88 Å². The van der Waals surface area contributed by atoms with Gasteiger partial charge < -0.3 is 20.5 Å². The summed E-state index contributed by atoms with van der Waals surface area (Å²) < 4.78 is 10.7. The molecule has 6 nitrogen and oxygen atoms in total. The van der Waals surface area contributed by atoms with E-state index in [0.29, 0.717) is 29.9 Å². The van der Waals surface area contributed by atoms with E-state index in [4.69, 9.17) is 15.2 Å². The number of aromatic nitrogens is 2. The molecular weight excluding hydrogens is 232 g/mol. The van der Waals surface area contributed by atoms with Gasteiger partial charge in [0, 0.05) is 19.8 Å². The van der Waals surface area contributed by atoms with Crippen molar-refractivity contribution in [2.75, 3.05) is 37.4 Å². The Morgan fingerprint density at radius 3 is 3.17 bits per heavy atom. The van der Waals surface area contributed by atoms with Gasteiger partial charge in [-0.05, 0) is 25.7 Å². The maximum atomic E-state index is 5.93. The van der Waals surface area contributed by atoms with E-state index < -0.39 is 0 Å². The van der Waals surface area contributed by atoms with Gasteiger partial charge in [0.05, 0.1) is 6.61 Å². The molecule has 100 valence electrons. The Morgan fingerprint density at radius 2 is 2.44 bits per heavy atom. The van der Waals surface area contributed by atoms with Crippen molar-refractivity contribution in [1.29, 1.82) is 0 Å². The fourth-order valence-corrected chi connectivity index (χ4v) is 1.98. The van der Waals surface area contributed by atoms with Crippen molar-refractivity contribution in [3.63, 3.8) is 0 Å². The monoisotopic (exact) mass is 252 g/mol. The first kappa shape index (κ1) is 12.9. The first-order valence-electron chi connectivity index (χ1n) is 6.36. The number of rotatable bonds is 6. The molecular formula is C12H20N4O2. The molecule has 18 heavy (non-hydrogen) atoms. The van der Waals surface area contributed by atoms with Crippen LogP contribution in [0.1, 0.15) is 19.8 Å². The molecule has 0 aliphatic carbocycles. The van der Waals surface area contributed by atoms with Gasteiger partial charge in [0.25, 0.3) is 0 Å². The second-order valence-corrected chi connectivity index (χ2v) is 4.32. The normalized spacial score (nSPS) is 18.8. The van der Waals surface area contributed by atoms with Crippen molar-refractivity contribution in [2.45, 2.75) is 19.8 Å². The van der Waals surface area contributed by atoms with E-state index in [1.54, 1.807) is 0 Å². The lowest BCUT2D eigenvalue weighted by molar-refractivity contribution is 0.185. The number of ether oxygens (including phenoxy) is 2.